The minimum atomic E-state index is -0.348. The normalized spacial score (nSPS) is 13.8. The van der Waals surface area contributed by atoms with E-state index in [1.54, 1.807) is 6.20 Å². The summed E-state index contributed by atoms with van der Waals surface area (Å²) in [7, 11) is 3.32. The fourth-order valence-corrected chi connectivity index (χ4v) is 1.59. The molecule has 0 spiro atoms. The molecule has 9 heteroatoms. The van der Waals surface area contributed by atoms with E-state index in [9.17, 15) is 4.79 Å². The van der Waals surface area contributed by atoms with Crippen LogP contribution in [0.25, 0.3) is 0 Å². The van der Waals surface area contributed by atoms with Gasteiger partial charge in [-0.05, 0) is 0 Å². The second-order valence-electron chi connectivity index (χ2n) is 3.96. The van der Waals surface area contributed by atoms with Crippen molar-refractivity contribution < 1.29 is 9.53 Å². The molecule has 0 unspecified atom stereocenters. The predicted octanol–water partition coefficient (Wildman–Crippen LogP) is -0.540. The first-order chi connectivity index (χ1) is 8.69. The Morgan fingerprint density at radius 2 is 2.37 bits per heavy atom. The molecule has 1 aliphatic rings. The van der Waals surface area contributed by atoms with Crippen LogP contribution in [0.2, 0.25) is 0 Å². The number of hydrogen-bond donors (Lipinski definition) is 1. The Bertz CT molecular complexity index is 461. The molecule has 8 nitrogen and oxygen atoms in total. The molecule has 0 aromatic carbocycles. The molecule has 0 amide bonds. The van der Waals surface area contributed by atoms with Crippen LogP contribution in [0.1, 0.15) is 5.69 Å². The van der Waals surface area contributed by atoms with E-state index < -0.39 is 0 Å². The van der Waals surface area contributed by atoms with E-state index in [0.29, 0.717) is 6.54 Å². The number of ether oxygens (including phenoxy) is 1. The SMILES string of the molecule is COC(=O)Cn1cc(CNC2=NCCN2C)nn1.I. The molecule has 0 atom stereocenters. The van der Waals surface area contributed by atoms with Crippen molar-refractivity contribution >= 4 is 35.9 Å². The number of hydrogen-bond acceptors (Lipinski definition) is 7. The number of guanidine groups is 1. The van der Waals surface area contributed by atoms with Gasteiger partial charge in [0.25, 0.3) is 0 Å². The van der Waals surface area contributed by atoms with Gasteiger partial charge in [-0.15, -0.1) is 29.1 Å². The van der Waals surface area contributed by atoms with Gasteiger partial charge in [0.2, 0.25) is 0 Å². The van der Waals surface area contributed by atoms with Crippen molar-refractivity contribution in [2.45, 2.75) is 13.1 Å². The van der Waals surface area contributed by atoms with Crippen molar-refractivity contribution in [2.24, 2.45) is 4.99 Å². The van der Waals surface area contributed by atoms with Crippen LogP contribution >= 0.6 is 24.0 Å². The van der Waals surface area contributed by atoms with Crippen LogP contribution in [0.4, 0.5) is 0 Å². The van der Waals surface area contributed by atoms with Crippen molar-refractivity contribution in [2.75, 3.05) is 27.2 Å². The summed E-state index contributed by atoms with van der Waals surface area (Å²) in [6.45, 7) is 2.35. The lowest BCUT2D eigenvalue weighted by Crippen LogP contribution is -2.35. The quantitative estimate of drug-likeness (QED) is 0.558. The van der Waals surface area contributed by atoms with Crippen LogP contribution in [-0.2, 0) is 22.6 Å². The van der Waals surface area contributed by atoms with E-state index in [-0.39, 0.29) is 36.5 Å². The predicted molar refractivity (Wildman–Crippen MR) is 79.2 cm³/mol. The maximum absolute atomic E-state index is 11.0. The van der Waals surface area contributed by atoms with Gasteiger partial charge in [0, 0.05) is 13.6 Å². The number of nitrogens with one attached hydrogen (secondary N) is 1. The molecule has 19 heavy (non-hydrogen) atoms. The molecule has 0 bridgehead atoms. The lowest BCUT2D eigenvalue weighted by Gasteiger charge is -2.13. The van der Waals surface area contributed by atoms with E-state index >= 15 is 0 Å². The Kier molecular flexibility index (Phi) is 5.99. The molecule has 1 aromatic rings. The highest BCUT2D eigenvalue weighted by molar-refractivity contribution is 14.0. The van der Waals surface area contributed by atoms with Crippen molar-refractivity contribution in [1.82, 2.24) is 25.2 Å². The largest absolute Gasteiger partial charge is 0.468 e. The number of methoxy groups -OCH3 is 1. The first-order valence-electron chi connectivity index (χ1n) is 5.64. The number of carbonyl (C=O) groups is 1. The smallest absolute Gasteiger partial charge is 0.327 e. The van der Waals surface area contributed by atoms with Crippen molar-refractivity contribution in [1.29, 1.82) is 0 Å². The van der Waals surface area contributed by atoms with Crippen molar-refractivity contribution in [3.63, 3.8) is 0 Å². The molecule has 0 aliphatic carbocycles. The van der Waals surface area contributed by atoms with Crippen LogP contribution in [0.3, 0.4) is 0 Å². The van der Waals surface area contributed by atoms with Gasteiger partial charge in [0.05, 0.1) is 26.4 Å². The average Bonchev–Trinajstić information content (AvgIpc) is 2.96. The second-order valence-corrected chi connectivity index (χ2v) is 3.96. The van der Waals surface area contributed by atoms with Gasteiger partial charge < -0.3 is 15.0 Å². The fourth-order valence-electron chi connectivity index (χ4n) is 1.59. The van der Waals surface area contributed by atoms with Crippen LogP contribution < -0.4 is 5.32 Å². The van der Waals surface area contributed by atoms with Gasteiger partial charge in [-0.1, -0.05) is 5.21 Å². The molecule has 0 saturated heterocycles. The van der Waals surface area contributed by atoms with Crippen molar-refractivity contribution in [3.8, 4) is 0 Å². The summed E-state index contributed by atoms with van der Waals surface area (Å²) in [6, 6.07) is 0. The summed E-state index contributed by atoms with van der Waals surface area (Å²) in [4.78, 5) is 17.4. The maximum Gasteiger partial charge on any atom is 0.327 e. The summed E-state index contributed by atoms with van der Waals surface area (Å²) in [5.41, 5.74) is 0.752. The van der Waals surface area contributed by atoms with Gasteiger partial charge in [-0.3, -0.25) is 9.79 Å². The van der Waals surface area contributed by atoms with Gasteiger partial charge in [0.1, 0.15) is 12.2 Å². The van der Waals surface area contributed by atoms with E-state index in [1.165, 1.54) is 11.8 Å². The lowest BCUT2D eigenvalue weighted by atomic mass is 10.4. The summed E-state index contributed by atoms with van der Waals surface area (Å²) < 4.78 is 6.00. The van der Waals surface area contributed by atoms with Crippen molar-refractivity contribution in [3.05, 3.63) is 11.9 Å². The Balaban J connectivity index is 0.00000180. The molecule has 1 aromatic heterocycles. The molecule has 1 N–H and O–H groups in total. The van der Waals surface area contributed by atoms with E-state index in [2.05, 4.69) is 25.4 Å². The second kappa shape index (κ2) is 7.26. The van der Waals surface area contributed by atoms with E-state index in [0.717, 1.165) is 24.7 Å². The number of aliphatic imine (C=N–C) groups is 1. The Hall–Kier alpha value is -1.39. The molecule has 1 aliphatic heterocycles. The average molecular weight is 380 g/mol. The van der Waals surface area contributed by atoms with Gasteiger partial charge in [-0.2, -0.15) is 0 Å². The zero-order chi connectivity index (χ0) is 13.0. The van der Waals surface area contributed by atoms with E-state index in [4.69, 9.17) is 0 Å². The molecule has 0 saturated carbocycles. The summed E-state index contributed by atoms with van der Waals surface area (Å²) in [5, 5.41) is 11.0. The molecule has 0 fully saturated rings. The van der Waals surface area contributed by atoms with Crippen LogP contribution in [-0.4, -0.2) is 59.1 Å². The molecule has 106 valence electrons. The highest BCUT2D eigenvalue weighted by Gasteiger charge is 2.12. The highest BCUT2D eigenvalue weighted by atomic mass is 127. The number of rotatable bonds is 4. The third-order valence-electron chi connectivity index (χ3n) is 2.59. The number of likely N-dealkylation sites (N-methyl/N-ethyl adjacent to an activating group) is 1. The first kappa shape index (κ1) is 15.7. The Morgan fingerprint density at radius 1 is 1.58 bits per heavy atom. The van der Waals surface area contributed by atoms with Gasteiger partial charge in [-0.25, -0.2) is 4.68 Å². The molecule has 2 heterocycles. The zero-order valence-corrected chi connectivity index (χ0v) is 13.2. The third-order valence-corrected chi connectivity index (χ3v) is 2.59. The molecule has 0 radical (unpaired) electrons. The van der Waals surface area contributed by atoms with Crippen LogP contribution in [0.5, 0.6) is 0 Å². The molecular weight excluding hydrogens is 363 g/mol. The standard InChI is InChI=1S/C10H16N6O2.HI/c1-15-4-3-11-10(15)12-5-8-6-16(14-13-8)7-9(17)18-2;/h6H,3-5,7H2,1-2H3,(H,11,12);1H. The lowest BCUT2D eigenvalue weighted by molar-refractivity contribution is -0.141. The van der Waals surface area contributed by atoms with Crippen LogP contribution in [0, 0.1) is 0 Å². The number of halogens is 1. The number of nitrogens with zero attached hydrogens (tertiary/aromatic N) is 5. The van der Waals surface area contributed by atoms with E-state index in [1.807, 2.05) is 11.9 Å². The Morgan fingerprint density at radius 3 is 3.00 bits per heavy atom. The minimum Gasteiger partial charge on any atom is -0.468 e. The molecular formula is C10H17IN6O2. The van der Waals surface area contributed by atoms with Gasteiger partial charge in [0.15, 0.2) is 5.96 Å². The maximum atomic E-state index is 11.0. The van der Waals surface area contributed by atoms with Gasteiger partial charge >= 0.3 is 5.97 Å². The highest BCUT2D eigenvalue weighted by Crippen LogP contribution is 1.98. The summed E-state index contributed by atoms with van der Waals surface area (Å²) in [6.07, 6.45) is 1.71. The third kappa shape index (κ3) is 4.33. The van der Waals surface area contributed by atoms with Crippen LogP contribution in [0.15, 0.2) is 11.2 Å². The monoisotopic (exact) mass is 380 g/mol. The number of aromatic nitrogens is 3. The topological polar surface area (TPSA) is 84.6 Å². The Labute approximate surface area is 128 Å². The minimum absolute atomic E-state index is 0. The number of esters is 1. The summed E-state index contributed by atoms with van der Waals surface area (Å²) in [5.74, 6) is 0.511. The number of carbonyl (C=O) groups excluding carboxylic acids is 1. The first-order valence-corrected chi connectivity index (χ1v) is 5.64. The fraction of sp³-hybridized carbons (Fsp3) is 0.600. The summed E-state index contributed by atoms with van der Waals surface area (Å²) >= 11 is 0. The zero-order valence-electron chi connectivity index (χ0n) is 10.9. The molecule has 2 rings (SSSR count).